The fourth-order valence-corrected chi connectivity index (χ4v) is 0.557. The number of hydrogen-bond acceptors (Lipinski definition) is 4. The van der Waals surface area contributed by atoms with Crippen LogP contribution >= 0.6 is 0 Å². The van der Waals surface area contributed by atoms with Gasteiger partial charge in [0.1, 0.15) is 11.4 Å². The number of aromatic amines is 1. The van der Waals surface area contributed by atoms with E-state index in [2.05, 4.69) is 9.97 Å². The van der Waals surface area contributed by atoms with Crippen molar-refractivity contribution in [2.75, 3.05) is 0 Å². The van der Waals surface area contributed by atoms with Gasteiger partial charge in [-0.05, 0) is 0 Å². The van der Waals surface area contributed by atoms with E-state index in [-0.39, 0.29) is 11.4 Å². The highest BCUT2D eigenvalue weighted by atomic mass is 16.4. The molecule has 1 aromatic rings. The van der Waals surface area contributed by atoms with Gasteiger partial charge in [-0.25, -0.2) is 4.98 Å². The summed E-state index contributed by atoms with van der Waals surface area (Å²) in [5.41, 5.74) is -0.421. The van der Waals surface area contributed by atoms with Crippen LogP contribution in [0.3, 0.4) is 0 Å². The van der Waals surface area contributed by atoms with Crippen molar-refractivity contribution >= 4 is 12.3 Å². The lowest BCUT2D eigenvalue weighted by Gasteiger charge is -1.94. The molecule has 0 atom stereocenters. The molecule has 0 aliphatic carbocycles. The highest BCUT2D eigenvalue weighted by Crippen LogP contribution is 1.95. The molecule has 1 aromatic heterocycles. The van der Waals surface area contributed by atoms with Crippen molar-refractivity contribution in [1.82, 2.24) is 9.97 Å². The second-order valence-electron chi connectivity index (χ2n) is 1.57. The van der Waals surface area contributed by atoms with E-state index in [1.165, 1.54) is 0 Å². The van der Waals surface area contributed by atoms with Crippen molar-refractivity contribution in [1.29, 1.82) is 0 Å². The molecule has 0 aliphatic heterocycles. The fourth-order valence-electron chi connectivity index (χ4n) is 0.557. The van der Waals surface area contributed by atoms with Crippen LogP contribution in [-0.4, -0.2) is 22.2 Å². The van der Waals surface area contributed by atoms with Crippen LogP contribution in [0.15, 0.2) is 6.33 Å². The molecule has 0 unspecified atom stereocenters. The number of H-pyrrole nitrogens is 1. The van der Waals surface area contributed by atoms with Crippen LogP contribution in [0.5, 0.6) is 0 Å². The Morgan fingerprint density at radius 2 is 2.50 bits per heavy atom. The predicted molar refractivity (Wildman–Crippen MR) is 28.3 cm³/mol. The summed E-state index contributed by atoms with van der Waals surface area (Å²) in [6.45, 7) is 0. The van der Waals surface area contributed by atoms with Crippen LogP contribution in [-0.2, 0) is 0 Å². The zero-order chi connectivity index (χ0) is 7.56. The summed E-state index contributed by atoms with van der Waals surface area (Å²) in [7, 11) is 0. The minimum absolute atomic E-state index is 0.0694. The number of imidazole rings is 1. The Morgan fingerprint density at radius 1 is 1.80 bits per heavy atom. The zero-order valence-electron chi connectivity index (χ0n) is 4.83. The molecule has 0 saturated heterocycles. The molecule has 0 aromatic carbocycles. The van der Waals surface area contributed by atoms with Gasteiger partial charge in [0.2, 0.25) is 0 Å². The molecule has 5 heteroatoms. The van der Waals surface area contributed by atoms with Crippen molar-refractivity contribution < 1.29 is 14.7 Å². The summed E-state index contributed by atoms with van der Waals surface area (Å²) in [6.07, 6.45) is 1.49. The van der Waals surface area contributed by atoms with E-state index in [0.717, 1.165) is 6.33 Å². The normalized spacial score (nSPS) is 9.20. The van der Waals surface area contributed by atoms with Crippen LogP contribution in [0, 0.1) is 0 Å². The fraction of sp³-hybridized carbons (Fsp3) is 0. The summed E-state index contributed by atoms with van der Waals surface area (Å²) in [6, 6.07) is 0. The number of hydrogen-bond donors (Lipinski definition) is 1. The van der Waals surface area contributed by atoms with Crippen molar-refractivity contribution in [2.24, 2.45) is 0 Å². The van der Waals surface area contributed by atoms with E-state index in [1.807, 2.05) is 0 Å². The maximum atomic E-state index is 10.1. The van der Waals surface area contributed by atoms with Gasteiger partial charge in [0.25, 0.3) is 0 Å². The van der Waals surface area contributed by atoms with Crippen molar-refractivity contribution in [2.45, 2.75) is 0 Å². The van der Waals surface area contributed by atoms with E-state index >= 15 is 0 Å². The molecule has 1 N–H and O–H groups in total. The van der Waals surface area contributed by atoms with Crippen LogP contribution in [0.1, 0.15) is 21.0 Å². The second kappa shape index (κ2) is 2.30. The molecule has 10 heavy (non-hydrogen) atoms. The zero-order valence-corrected chi connectivity index (χ0v) is 4.83. The molecule has 52 valence electrons. The van der Waals surface area contributed by atoms with Crippen LogP contribution in [0.2, 0.25) is 0 Å². The Hall–Kier alpha value is -1.65. The monoisotopic (exact) mass is 139 g/mol. The first kappa shape index (κ1) is 6.47. The number of aromatic carboxylic acids is 1. The van der Waals surface area contributed by atoms with E-state index in [0.29, 0.717) is 6.29 Å². The summed E-state index contributed by atoms with van der Waals surface area (Å²) in [5.74, 6) is -1.46. The number of nitrogens with one attached hydrogen (secondary N) is 1. The molecule has 1 rings (SSSR count). The standard InChI is InChI=1S/C5H4N2O3/c8-1-3-4(5(9)10)7-2-6-3/h1-2H,(H,6,7)(H,9,10)/p-1. The first-order valence-electron chi connectivity index (χ1n) is 2.45. The minimum Gasteiger partial charge on any atom is -0.543 e. The van der Waals surface area contributed by atoms with E-state index in [4.69, 9.17) is 0 Å². The molecular formula is C5H3N2O3-. The number of rotatable bonds is 2. The van der Waals surface area contributed by atoms with Gasteiger partial charge in [0.05, 0.1) is 12.3 Å². The second-order valence-corrected chi connectivity index (χ2v) is 1.57. The summed E-state index contributed by atoms with van der Waals surface area (Å²) in [5, 5.41) is 10.1. The van der Waals surface area contributed by atoms with Gasteiger partial charge in [-0.15, -0.1) is 0 Å². The molecule has 0 amide bonds. The number of carboxylic acid groups (broad SMARTS) is 1. The smallest absolute Gasteiger partial charge is 0.168 e. The minimum atomic E-state index is -1.46. The summed E-state index contributed by atoms with van der Waals surface area (Å²) >= 11 is 0. The Balaban J connectivity index is 3.13. The third-order valence-electron chi connectivity index (χ3n) is 0.980. The van der Waals surface area contributed by atoms with Crippen LogP contribution < -0.4 is 5.11 Å². The van der Waals surface area contributed by atoms with Gasteiger partial charge in [-0.2, -0.15) is 0 Å². The maximum Gasteiger partial charge on any atom is 0.168 e. The van der Waals surface area contributed by atoms with Gasteiger partial charge < -0.3 is 14.9 Å². The lowest BCUT2D eigenvalue weighted by Crippen LogP contribution is -2.23. The van der Waals surface area contributed by atoms with Crippen molar-refractivity contribution in [3.63, 3.8) is 0 Å². The molecular weight excluding hydrogens is 136 g/mol. The van der Waals surface area contributed by atoms with Crippen LogP contribution in [0.25, 0.3) is 0 Å². The molecule has 0 radical (unpaired) electrons. The van der Waals surface area contributed by atoms with Gasteiger partial charge in [0, 0.05) is 0 Å². The molecule has 0 fully saturated rings. The predicted octanol–water partition coefficient (Wildman–Crippen LogP) is -1.41. The average molecular weight is 139 g/mol. The number of carbonyl (C=O) groups excluding carboxylic acids is 2. The highest BCUT2D eigenvalue weighted by molar-refractivity contribution is 5.92. The maximum absolute atomic E-state index is 10.1. The third-order valence-corrected chi connectivity index (χ3v) is 0.980. The van der Waals surface area contributed by atoms with E-state index in [9.17, 15) is 14.7 Å². The number of aldehydes is 1. The quantitative estimate of drug-likeness (QED) is 0.510. The number of carbonyl (C=O) groups is 2. The molecule has 1 heterocycles. The third kappa shape index (κ3) is 0.883. The first-order chi connectivity index (χ1) is 4.75. The van der Waals surface area contributed by atoms with E-state index in [1.54, 1.807) is 0 Å². The number of nitrogens with zero attached hydrogens (tertiary/aromatic N) is 1. The molecule has 0 saturated carbocycles. The van der Waals surface area contributed by atoms with E-state index < -0.39 is 5.97 Å². The Labute approximate surface area is 55.7 Å². The molecule has 0 bridgehead atoms. The highest BCUT2D eigenvalue weighted by Gasteiger charge is 2.03. The molecule has 0 spiro atoms. The molecule has 5 nitrogen and oxygen atoms in total. The average Bonchev–Trinajstić information content (AvgIpc) is 2.33. The topological polar surface area (TPSA) is 85.9 Å². The van der Waals surface area contributed by atoms with Crippen molar-refractivity contribution in [3.05, 3.63) is 17.7 Å². The van der Waals surface area contributed by atoms with Gasteiger partial charge in [-0.1, -0.05) is 0 Å². The first-order valence-corrected chi connectivity index (χ1v) is 2.45. The largest absolute Gasteiger partial charge is 0.543 e. The summed E-state index contributed by atoms with van der Waals surface area (Å²) < 4.78 is 0. The lowest BCUT2D eigenvalue weighted by atomic mass is 10.3. The summed E-state index contributed by atoms with van der Waals surface area (Å²) in [4.78, 5) is 25.8. The Bertz CT molecular complexity index is 266. The Morgan fingerprint density at radius 3 is 2.90 bits per heavy atom. The Kier molecular flexibility index (Phi) is 1.49. The van der Waals surface area contributed by atoms with Crippen LogP contribution in [0.4, 0.5) is 0 Å². The van der Waals surface area contributed by atoms with Gasteiger partial charge in [0.15, 0.2) is 6.29 Å². The van der Waals surface area contributed by atoms with Crippen molar-refractivity contribution in [3.8, 4) is 0 Å². The number of carboxylic acids is 1. The van der Waals surface area contributed by atoms with Gasteiger partial charge in [-0.3, -0.25) is 4.79 Å². The SMILES string of the molecule is O=Cc1[nH]cnc1C(=O)[O-]. The molecule has 0 aliphatic rings. The van der Waals surface area contributed by atoms with Gasteiger partial charge >= 0.3 is 0 Å². The lowest BCUT2D eigenvalue weighted by molar-refractivity contribution is -0.255. The number of aromatic nitrogens is 2.